The third-order valence-corrected chi connectivity index (χ3v) is 7.96. The quantitative estimate of drug-likeness (QED) is 0.189. The normalized spacial score (nSPS) is 18.4. The molecule has 5 nitrogen and oxygen atoms in total. The van der Waals surface area contributed by atoms with Crippen LogP contribution in [0, 0.1) is 0 Å². The Bertz CT molecular complexity index is 1170. The minimum absolute atomic E-state index is 0.180. The van der Waals surface area contributed by atoms with Crippen LogP contribution in [0.5, 0.6) is 0 Å². The zero-order valence-electron chi connectivity index (χ0n) is 22.9. The molecule has 1 aliphatic heterocycles. The predicted molar refractivity (Wildman–Crippen MR) is 158 cm³/mol. The van der Waals surface area contributed by atoms with Crippen LogP contribution in [0.25, 0.3) is 0 Å². The maximum Gasteiger partial charge on any atom is 0.467 e. The summed E-state index contributed by atoms with van der Waals surface area (Å²) in [6.07, 6.45) is 0.256. The molecule has 3 atom stereocenters. The van der Waals surface area contributed by atoms with Gasteiger partial charge < -0.3 is 23.9 Å². The molecule has 1 aliphatic rings. The van der Waals surface area contributed by atoms with Crippen LogP contribution < -0.4 is 0 Å². The molecule has 4 aromatic carbocycles. The fraction of sp³-hybridized carbons (Fsp3) is 0.235. The van der Waals surface area contributed by atoms with Gasteiger partial charge in [0.25, 0.3) is 0 Å². The van der Waals surface area contributed by atoms with Crippen LogP contribution in [0.15, 0.2) is 134 Å². The zero-order chi connectivity index (χ0) is 28.0. The van der Waals surface area contributed by atoms with E-state index in [0.717, 1.165) is 22.3 Å². The molecule has 0 aromatic heterocycles. The van der Waals surface area contributed by atoms with Crippen molar-refractivity contribution in [2.45, 2.75) is 29.2 Å². The molecule has 4 aromatic rings. The highest BCUT2D eigenvalue weighted by atomic mass is 16.7. The molecule has 0 radical (unpaired) electrons. The predicted octanol–water partition coefficient (Wildman–Crippen LogP) is 5.99. The summed E-state index contributed by atoms with van der Waals surface area (Å²) in [6, 6.07) is 40.2. The lowest BCUT2D eigenvalue weighted by Crippen LogP contribution is -2.56. The second kappa shape index (κ2) is 12.3. The first-order valence-electron chi connectivity index (χ1n) is 13.5. The van der Waals surface area contributed by atoms with Crippen molar-refractivity contribution in [3.8, 4) is 0 Å². The van der Waals surface area contributed by atoms with Crippen LogP contribution in [-0.4, -0.2) is 45.3 Å². The van der Waals surface area contributed by atoms with Crippen LogP contribution >= 0.6 is 0 Å². The van der Waals surface area contributed by atoms with E-state index in [-0.39, 0.29) is 6.61 Å². The molecule has 0 spiro atoms. The Morgan fingerprint density at radius 2 is 0.975 bits per heavy atom. The van der Waals surface area contributed by atoms with E-state index in [1.165, 1.54) is 0 Å². The number of ether oxygens (including phenoxy) is 2. The Hall–Kier alpha value is -3.52. The maximum atomic E-state index is 10.3. The summed E-state index contributed by atoms with van der Waals surface area (Å²) in [5, 5.41) is 10.3. The SMILES string of the molecule is C=C[C@@H](CO)B1O[C@@H](C(OC)(c2ccccc2)c2ccccc2)[C@H](C(OC)(c2ccccc2)c2ccccc2)O1. The van der Waals surface area contributed by atoms with E-state index in [2.05, 4.69) is 6.58 Å². The molecule has 0 aliphatic carbocycles. The molecule has 1 fully saturated rings. The minimum atomic E-state index is -1.09. The summed E-state index contributed by atoms with van der Waals surface area (Å²) in [6.45, 7) is 3.76. The molecule has 40 heavy (non-hydrogen) atoms. The van der Waals surface area contributed by atoms with Crippen LogP contribution in [0.3, 0.4) is 0 Å². The van der Waals surface area contributed by atoms with Gasteiger partial charge in [0.2, 0.25) is 0 Å². The molecule has 0 saturated carbocycles. The van der Waals surface area contributed by atoms with Crippen molar-refractivity contribution in [2.24, 2.45) is 0 Å². The first-order valence-corrected chi connectivity index (χ1v) is 13.5. The molecule has 0 amide bonds. The van der Waals surface area contributed by atoms with Crippen LogP contribution in [0.2, 0.25) is 5.82 Å². The van der Waals surface area contributed by atoms with E-state index < -0.39 is 36.3 Å². The van der Waals surface area contributed by atoms with Gasteiger partial charge in [-0.3, -0.25) is 0 Å². The van der Waals surface area contributed by atoms with E-state index in [9.17, 15) is 5.11 Å². The Kier molecular flexibility index (Phi) is 8.65. The van der Waals surface area contributed by atoms with Gasteiger partial charge in [0, 0.05) is 26.6 Å². The fourth-order valence-electron chi connectivity index (χ4n) is 5.99. The number of hydrogen-bond acceptors (Lipinski definition) is 5. The largest absolute Gasteiger partial charge is 0.467 e. The number of benzene rings is 4. The van der Waals surface area contributed by atoms with Crippen molar-refractivity contribution in [3.63, 3.8) is 0 Å². The summed E-state index contributed by atoms with van der Waals surface area (Å²) >= 11 is 0. The molecule has 5 rings (SSSR count). The van der Waals surface area contributed by atoms with Gasteiger partial charge in [-0.15, -0.1) is 6.58 Å². The summed E-state index contributed by atoms with van der Waals surface area (Å²) in [7, 11) is 2.61. The van der Waals surface area contributed by atoms with Crippen LogP contribution in [0.1, 0.15) is 22.3 Å². The molecule has 1 saturated heterocycles. The number of aliphatic hydroxyl groups excluding tert-OH is 1. The molecule has 204 valence electrons. The number of methoxy groups -OCH3 is 2. The highest BCUT2D eigenvalue weighted by Gasteiger charge is 2.62. The Balaban J connectivity index is 1.82. The lowest BCUT2D eigenvalue weighted by atomic mass is 9.71. The Morgan fingerprint density at radius 1 is 0.675 bits per heavy atom. The van der Waals surface area contributed by atoms with Crippen LogP contribution in [-0.2, 0) is 30.0 Å². The van der Waals surface area contributed by atoms with Crippen molar-refractivity contribution in [2.75, 3.05) is 20.8 Å². The smallest absolute Gasteiger partial charge is 0.401 e. The van der Waals surface area contributed by atoms with E-state index in [0.29, 0.717) is 0 Å². The second-order valence-corrected chi connectivity index (χ2v) is 9.91. The van der Waals surface area contributed by atoms with Gasteiger partial charge in [-0.05, 0) is 22.3 Å². The van der Waals surface area contributed by atoms with Gasteiger partial charge in [0.05, 0.1) is 0 Å². The molecule has 0 bridgehead atoms. The third-order valence-electron chi connectivity index (χ3n) is 7.96. The monoisotopic (exact) mass is 534 g/mol. The van der Waals surface area contributed by atoms with Crippen molar-refractivity contribution < 1.29 is 23.9 Å². The fourth-order valence-corrected chi connectivity index (χ4v) is 5.99. The first-order chi connectivity index (χ1) is 19.6. The van der Waals surface area contributed by atoms with Crippen molar-refractivity contribution in [1.29, 1.82) is 0 Å². The summed E-state index contributed by atoms with van der Waals surface area (Å²) < 4.78 is 26.9. The van der Waals surface area contributed by atoms with Gasteiger partial charge in [-0.1, -0.05) is 127 Å². The van der Waals surface area contributed by atoms with E-state index in [1.807, 2.05) is 121 Å². The summed E-state index contributed by atoms with van der Waals surface area (Å²) in [4.78, 5) is 0. The average Bonchev–Trinajstić information content (AvgIpc) is 3.47. The van der Waals surface area contributed by atoms with Crippen molar-refractivity contribution in [1.82, 2.24) is 0 Å². The van der Waals surface area contributed by atoms with E-state index in [4.69, 9.17) is 18.8 Å². The molecular weight excluding hydrogens is 499 g/mol. The molecule has 0 unspecified atom stereocenters. The maximum absolute atomic E-state index is 10.3. The van der Waals surface area contributed by atoms with Crippen LogP contribution in [0.4, 0.5) is 0 Å². The number of aliphatic hydroxyl groups is 1. The lowest BCUT2D eigenvalue weighted by molar-refractivity contribution is -0.136. The molecular formula is C34H35BO5. The standard InChI is InChI=1S/C34H35BO5/c1-4-30(25-36)35-39-31(33(37-2,26-17-9-5-10-18-26)27-19-11-6-12-20-27)32(40-35)34(38-3,28-21-13-7-14-22-28)29-23-15-8-16-24-29/h4-24,30-32,36H,1,25H2,2-3H3/t30-,31+,32+/m0/s1. The van der Waals surface area contributed by atoms with Crippen molar-refractivity contribution >= 4 is 7.12 Å². The topological polar surface area (TPSA) is 57.2 Å². The van der Waals surface area contributed by atoms with Crippen molar-refractivity contribution in [3.05, 3.63) is 156 Å². The lowest BCUT2D eigenvalue weighted by Gasteiger charge is -2.47. The highest BCUT2D eigenvalue weighted by Crippen LogP contribution is 2.51. The van der Waals surface area contributed by atoms with Gasteiger partial charge in [-0.2, -0.15) is 0 Å². The zero-order valence-corrected chi connectivity index (χ0v) is 22.9. The number of rotatable bonds is 11. The molecule has 1 N–H and O–H groups in total. The van der Waals surface area contributed by atoms with Gasteiger partial charge >= 0.3 is 7.12 Å². The third kappa shape index (κ3) is 4.72. The average molecular weight is 534 g/mol. The molecule has 6 heteroatoms. The van der Waals surface area contributed by atoms with Gasteiger partial charge in [0.1, 0.15) is 23.4 Å². The highest BCUT2D eigenvalue weighted by molar-refractivity contribution is 6.48. The van der Waals surface area contributed by atoms with E-state index in [1.54, 1.807) is 20.3 Å². The Morgan fingerprint density at radius 3 is 1.20 bits per heavy atom. The summed E-state index contributed by atoms with van der Waals surface area (Å²) in [5.74, 6) is -0.463. The van der Waals surface area contributed by atoms with Gasteiger partial charge in [-0.25, -0.2) is 0 Å². The number of hydrogen-bond donors (Lipinski definition) is 1. The van der Waals surface area contributed by atoms with E-state index >= 15 is 0 Å². The first kappa shape index (κ1) is 28.0. The summed E-state index contributed by atoms with van der Waals surface area (Å²) in [5.41, 5.74) is 1.47. The van der Waals surface area contributed by atoms with Gasteiger partial charge in [0.15, 0.2) is 0 Å². The Labute approximate surface area is 237 Å². The second-order valence-electron chi connectivity index (χ2n) is 9.91. The molecule has 1 heterocycles. The minimum Gasteiger partial charge on any atom is -0.401 e.